The molecule has 4 heterocycles. The highest BCUT2D eigenvalue weighted by atomic mass is 32.2. The van der Waals surface area contributed by atoms with Crippen LogP contribution in [0.3, 0.4) is 0 Å². The maximum absolute atomic E-state index is 14.3. The Morgan fingerprint density at radius 1 is 1.00 bits per heavy atom. The van der Waals surface area contributed by atoms with E-state index in [4.69, 9.17) is 13.9 Å². The van der Waals surface area contributed by atoms with Gasteiger partial charge in [-0.05, 0) is 44.0 Å². The van der Waals surface area contributed by atoms with Crippen molar-refractivity contribution in [1.82, 2.24) is 18.9 Å². The van der Waals surface area contributed by atoms with E-state index in [0.717, 1.165) is 11.6 Å². The van der Waals surface area contributed by atoms with Crippen LogP contribution in [-0.2, 0) is 32.7 Å². The van der Waals surface area contributed by atoms with Gasteiger partial charge in [0, 0.05) is 26.4 Å². The van der Waals surface area contributed by atoms with Crippen LogP contribution in [-0.4, -0.2) is 51.0 Å². The summed E-state index contributed by atoms with van der Waals surface area (Å²) < 4.78 is 36.4. The SMILES string of the molecule is CC(C)(C)S(=O)NC1(c2ccc(-c3c(-c4ccccc4)oc4c(ccn5c(=O)n(COCC[Si](C)(C)C)nc45)c3=O)cc2)COC1. The van der Waals surface area contributed by atoms with Gasteiger partial charge < -0.3 is 13.9 Å². The number of aromatic nitrogens is 3. The predicted octanol–water partition coefficient (Wildman–Crippen LogP) is 5.53. The van der Waals surface area contributed by atoms with Crippen LogP contribution in [0.25, 0.3) is 39.1 Å². The Morgan fingerprint density at radius 2 is 1.70 bits per heavy atom. The maximum atomic E-state index is 14.3. The largest absolute Gasteiger partial charge is 0.451 e. The molecule has 2 aromatic carbocycles. The fourth-order valence-electron chi connectivity index (χ4n) is 5.27. The number of ether oxygens (including phenoxy) is 2. The maximum Gasteiger partial charge on any atom is 0.352 e. The summed E-state index contributed by atoms with van der Waals surface area (Å²) in [6, 6.07) is 19.6. The van der Waals surface area contributed by atoms with Crippen molar-refractivity contribution in [2.75, 3.05) is 19.8 Å². The van der Waals surface area contributed by atoms with Crippen molar-refractivity contribution in [3.63, 3.8) is 0 Å². The van der Waals surface area contributed by atoms with Crippen molar-refractivity contribution in [2.24, 2.45) is 0 Å². The first-order valence-corrected chi connectivity index (χ1v) is 20.2. The molecule has 1 atom stereocenters. The van der Waals surface area contributed by atoms with E-state index in [1.807, 2.05) is 75.4 Å². The van der Waals surface area contributed by atoms with Crippen LogP contribution < -0.4 is 15.8 Å². The average molecular weight is 661 g/mol. The molecule has 46 heavy (non-hydrogen) atoms. The average Bonchev–Trinajstić information content (AvgIpc) is 3.32. The van der Waals surface area contributed by atoms with Crippen LogP contribution in [0.5, 0.6) is 0 Å². The lowest BCUT2D eigenvalue weighted by molar-refractivity contribution is -0.0659. The van der Waals surface area contributed by atoms with Crippen LogP contribution in [0.15, 0.2) is 80.9 Å². The van der Waals surface area contributed by atoms with Gasteiger partial charge in [0.25, 0.3) is 0 Å². The summed E-state index contributed by atoms with van der Waals surface area (Å²) in [5.41, 5.74) is 1.99. The minimum Gasteiger partial charge on any atom is -0.451 e. The topological polar surface area (TPSA) is 117 Å². The summed E-state index contributed by atoms with van der Waals surface area (Å²) in [5.74, 6) is 0.376. The van der Waals surface area contributed by atoms with E-state index >= 15 is 0 Å². The molecule has 10 nitrogen and oxygen atoms in total. The molecule has 1 N–H and O–H groups in total. The van der Waals surface area contributed by atoms with Gasteiger partial charge in [0.2, 0.25) is 11.1 Å². The Kier molecular flexibility index (Phi) is 8.53. The van der Waals surface area contributed by atoms with E-state index in [9.17, 15) is 13.8 Å². The lowest BCUT2D eigenvalue weighted by Crippen LogP contribution is -2.59. The first-order chi connectivity index (χ1) is 21.8. The fraction of sp³-hybridized carbons (Fsp3) is 0.382. The van der Waals surface area contributed by atoms with E-state index in [2.05, 4.69) is 29.5 Å². The molecule has 0 saturated carbocycles. The van der Waals surface area contributed by atoms with Gasteiger partial charge in [0.05, 0.1) is 39.9 Å². The molecule has 1 unspecified atom stereocenters. The van der Waals surface area contributed by atoms with Crippen LogP contribution in [0.4, 0.5) is 0 Å². The Balaban J connectivity index is 1.43. The predicted molar refractivity (Wildman–Crippen MR) is 184 cm³/mol. The van der Waals surface area contributed by atoms with Crippen molar-refractivity contribution < 1.29 is 18.1 Å². The zero-order valence-corrected chi connectivity index (χ0v) is 28.9. The van der Waals surface area contributed by atoms with Crippen molar-refractivity contribution in [1.29, 1.82) is 0 Å². The number of hydrogen-bond acceptors (Lipinski definition) is 7. The number of fused-ring (bicyclic) bond motifs is 3. The van der Waals surface area contributed by atoms with E-state index in [1.165, 1.54) is 9.08 Å². The Morgan fingerprint density at radius 3 is 2.30 bits per heavy atom. The number of nitrogens with one attached hydrogen (secondary N) is 1. The first kappa shape index (κ1) is 32.3. The van der Waals surface area contributed by atoms with Crippen molar-refractivity contribution in [3.8, 4) is 22.5 Å². The molecular formula is C34H40N4O6SSi. The lowest BCUT2D eigenvalue weighted by atomic mass is 9.87. The van der Waals surface area contributed by atoms with E-state index in [0.29, 0.717) is 47.7 Å². The molecular weight excluding hydrogens is 621 g/mol. The normalized spacial score (nSPS) is 15.7. The van der Waals surface area contributed by atoms with Crippen molar-refractivity contribution in [3.05, 3.63) is 93.1 Å². The summed E-state index contributed by atoms with van der Waals surface area (Å²) in [6.45, 7) is 13.9. The Bertz CT molecular complexity index is 2040. The van der Waals surface area contributed by atoms with Gasteiger partial charge in [-0.25, -0.2) is 18.1 Å². The number of benzene rings is 2. The summed E-state index contributed by atoms with van der Waals surface area (Å²) in [6.07, 6.45) is 1.55. The molecule has 0 aliphatic carbocycles. The minimum absolute atomic E-state index is 0.0113. The van der Waals surface area contributed by atoms with Gasteiger partial charge in [-0.1, -0.05) is 74.2 Å². The lowest BCUT2D eigenvalue weighted by Gasteiger charge is -2.43. The zero-order chi connectivity index (χ0) is 32.9. The molecule has 0 radical (unpaired) electrons. The Labute approximate surface area is 270 Å². The van der Waals surface area contributed by atoms with Crippen LogP contribution in [0.2, 0.25) is 25.7 Å². The van der Waals surface area contributed by atoms with Gasteiger partial charge in [-0.3, -0.25) is 4.79 Å². The molecule has 0 spiro atoms. The van der Waals surface area contributed by atoms with Gasteiger partial charge in [-0.2, -0.15) is 4.68 Å². The van der Waals surface area contributed by atoms with Gasteiger partial charge >= 0.3 is 5.69 Å². The van der Waals surface area contributed by atoms with Gasteiger partial charge in [0.15, 0.2) is 5.58 Å². The third kappa shape index (κ3) is 6.19. The second-order valence-corrected chi connectivity index (χ2v) is 21.6. The van der Waals surface area contributed by atoms with Crippen LogP contribution >= 0.6 is 0 Å². The van der Waals surface area contributed by atoms with Crippen LogP contribution in [0, 0.1) is 0 Å². The molecule has 242 valence electrons. The smallest absolute Gasteiger partial charge is 0.352 e. The molecule has 1 aliphatic rings. The minimum atomic E-state index is -1.30. The van der Waals surface area contributed by atoms with E-state index < -0.39 is 29.3 Å². The molecule has 6 rings (SSSR count). The molecule has 1 aliphatic heterocycles. The molecule has 12 heteroatoms. The number of hydrogen-bond donors (Lipinski definition) is 1. The standard InChI is InChI=1S/C34H40N4O6SSi/c1-33(2,3)45(41)36-34(20-43-21-34)25-14-12-23(13-15-25)27-28(39)26-16-17-37-31(30(26)44-29(27)24-10-8-7-9-11-24)35-38(32(37)40)22-42-18-19-46(4,5)6/h7-17,36H,18-22H2,1-6H3. The van der Waals surface area contributed by atoms with Crippen molar-refractivity contribution >= 4 is 35.7 Å². The molecule has 0 amide bonds. The third-order valence-corrected chi connectivity index (χ3v) is 11.5. The highest BCUT2D eigenvalue weighted by Gasteiger charge is 2.43. The molecule has 5 aromatic rings. The monoisotopic (exact) mass is 660 g/mol. The first-order valence-electron chi connectivity index (χ1n) is 15.4. The van der Waals surface area contributed by atoms with Crippen molar-refractivity contribution in [2.45, 2.75) is 63.5 Å². The summed E-state index contributed by atoms with van der Waals surface area (Å²) in [4.78, 5) is 27.5. The molecule has 1 saturated heterocycles. The summed E-state index contributed by atoms with van der Waals surface area (Å²) in [7, 11) is -2.59. The molecule has 3 aromatic heterocycles. The molecule has 0 bridgehead atoms. The van der Waals surface area contributed by atoms with Gasteiger partial charge in [0.1, 0.15) is 18.0 Å². The zero-order valence-electron chi connectivity index (χ0n) is 27.1. The Hall–Kier alpha value is -3.68. The van der Waals surface area contributed by atoms with Crippen LogP contribution in [0.1, 0.15) is 26.3 Å². The fourth-order valence-corrected chi connectivity index (χ4v) is 6.92. The second kappa shape index (κ2) is 12.2. The quantitative estimate of drug-likeness (QED) is 0.155. The second-order valence-electron chi connectivity index (χ2n) is 14.0. The molecule has 1 fully saturated rings. The van der Waals surface area contributed by atoms with E-state index in [1.54, 1.807) is 12.3 Å². The summed E-state index contributed by atoms with van der Waals surface area (Å²) in [5, 5.41) is 4.84. The number of pyridine rings is 1. The number of nitrogens with zero attached hydrogens (tertiary/aromatic N) is 3. The number of rotatable bonds is 10. The highest BCUT2D eigenvalue weighted by Crippen LogP contribution is 2.36. The third-order valence-electron chi connectivity index (χ3n) is 8.12. The van der Waals surface area contributed by atoms with E-state index in [-0.39, 0.29) is 29.1 Å². The van der Waals surface area contributed by atoms with Gasteiger partial charge in [-0.15, -0.1) is 5.10 Å². The highest BCUT2D eigenvalue weighted by molar-refractivity contribution is 7.84. The summed E-state index contributed by atoms with van der Waals surface area (Å²) >= 11 is 0.